The first kappa shape index (κ1) is 30.0. The highest BCUT2D eigenvalue weighted by molar-refractivity contribution is 9.10. The standard InChI is InChI=1S/C30H29BrFN5O3S2/c1-4-37(42(38,39)5-2)19(3)30-36-27(17-41-30)21-9-11-26-24(14-21)29(34-18-33-26)35-23-10-12-28(25(31)15-23)40-16-20-7-6-8-22(32)13-20/h6-15,17-19H,4-5,16H2,1-3H3,(H,33,34,35). The molecule has 0 amide bonds. The van der Waals surface area contributed by atoms with Crippen LogP contribution in [-0.2, 0) is 16.6 Å². The Labute approximate surface area is 256 Å². The Kier molecular flexibility index (Phi) is 9.16. The summed E-state index contributed by atoms with van der Waals surface area (Å²) in [6.45, 7) is 5.97. The molecule has 0 saturated heterocycles. The number of hydrogen-bond acceptors (Lipinski definition) is 8. The van der Waals surface area contributed by atoms with Gasteiger partial charge in [0.25, 0.3) is 0 Å². The summed E-state index contributed by atoms with van der Waals surface area (Å²) in [7, 11) is -3.35. The van der Waals surface area contributed by atoms with Gasteiger partial charge in [-0.15, -0.1) is 11.3 Å². The third-order valence-corrected chi connectivity index (χ3v) is 10.4. The monoisotopic (exact) mass is 669 g/mol. The molecule has 0 fully saturated rings. The summed E-state index contributed by atoms with van der Waals surface area (Å²) in [4.78, 5) is 13.7. The van der Waals surface area contributed by atoms with Crippen LogP contribution in [0.5, 0.6) is 5.75 Å². The average molecular weight is 671 g/mol. The first-order valence-corrected chi connectivity index (χ1v) is 16.6. The van der Waals surface area contributed by atoms with Crippen LogP contribution in [0.25, 0.3) is 22.2 Å². The Morgan fingerprint density at radius 2 is 1.93 bits per heavy atom. The third kappa shape index (κ3) is 6.62. The fourth-order valence-electron chi connectivity index (χ4n) is 4.55. The lowest BCUT2D eigenvalue weighted by molar-refractivity contribution is 0.303. The first-order valence-electron chi connectivity index (χ1n) is 13.3. The van der Waals surface area contributed by atoms with Gasteiger partial charge >= 0.3 is 0 Å². The Bertz CT molecular complexity index is 1830. The van der Waals surface area contributed by atoms with Gasteiger partial charge in [0.1, 0.15) is 35.3 Å². The minimum absolute atomic E-state index is 0.0467. The zero-order chi connectivity index (χ0) is 29.9. The van der Waals surface area contributed by atoms with Gasteiger partial charge in [0, 0.05) is 28.6 Å². The van der Waals surface area contributed by atoms with E-state index < -0.39 is 10.0 Å². The molecule has 0 aliphatic heterocycles. The van der Waals surface area contributed by atoms with Gasteiger partial charge in [-0.05, 0) is 77.8 Å². The van der Waals surface area contributed by atoms with Crippen LogP contribution in [0, 0.1) is 5.82 Å². The molecule has 42 heavy (non-hydrogen) atoms. The van der Waals surface area contributed by atoms with Crippen molar-refractivity contribution in [2.24, 2.45) is 0 Å². The molecule has 0 aliphatic carbocycles. The lowest BCUT2D eigenvalue weighted by Gasteiger charge is -2.25. The van der Waals surface area contributed by atoms with E-state index in [0.717, 1.165) is 42.9 Å². The van der Waals surface area contributed by atoms with Gasteiger partial charge in [-0.25, -0.2) is 27.8 Å². The zero-order valence-corrected chi connectivity index (χ0v) is 26.4. The maximum atomic E-state index is 13.5. The number of thiazole rings is 1. The second kappa shape index (κ2) is 12.8. The number of hydrogen-bond donors (Lipinski definition) is 1. The van der Waals surface area contributed by atoms with Gasteiger partial charge in [0.05, 0.1) is 27.5 Å². The van der Waals surface area contributed by atoms with E-state index >= 15 is 0 Å². The number of halogens is 2. The van der Waals surface area contributed by atoms with Crippen LogP contribution < -0.4 is 10.1 Å². The number of benzene rings is 3. The minimum Gasteiger partial charge on any atom is -0.488 e. The number of sulfonamides is 1. The molecule has 12 heteroatoms. The molecule has 2 heterocycles. The highest BCUT2D eigenvalue weighted by Crippen LogP contribution is 2.34. The van der Waals surface area contributed by atoms with E-state index in [9.17, 15) is 12.8 Å². The summed E-state index contributed by atoms with van der Waals surface area (Å²) in [5, 5.41) is 6.85. The molecule has 0 aliphatic rings. The van der Waals surface area contributed by atoms with Crippen LogP contribution in [0.2, 0.25) is 0 Å². The van der Waals surface area contributed by atoms with Crippen molar-refractivity contribution in [3.05, 3.63) is 93.2 Å². The van der Waals surface area contributed by atoms with Gasteiger partial charge in [-0.2, -0.15) is 4.31 Å². The van der Waals surface area contributed by atoms with E-state index in [2.05, 4.69) is 31.2 Å². The fraction of sp³-hybridized carbons (Fsp3) is 0.233. The Hall–Kier alpha value is -3.45. The number of fused-ring (bicyclic) bond motifs is 1. The fourth-order valence-corrected chi connectivity index (χ4v) is 7.31. The molecule has 218 valence electrons. The first-order chi connectivity index (χ1) is 20.2. The topological polar surface area (TPSA) is 97.3 Å². The summed E-state index contributed by atoms with van der Waals surface area (Å²) >= 11 is 5.01. The van der Waals surface area contributed by atoms with Crippen LogP contribution in [-0.4, -0.2) is 40.0 Å². The Balaban J connectivity index is 1.37. The van der Waals surface area contributed by atoms with Gasteiger partial charge in [-0.3, -0.25) is 0 Å². The van der Waals surface area contributed by atoms with Crippen LogP contribution >= 0.6 is 27.3 Å². The molecule has 1 atom stereocenters. The number of ether oxygens (including phenoxy) is 1. The SMILES string of the molecule is CCN(C(C)c1nc(-c2ccc3ncnc(Nc4ccc(OCc5cccc(F)c5)c(Br)c4)c3c2)cs1)S(=O)(=O)CC. The second-order valence-electron chi connectivity index (χ2n) is 9.49. The molecule has 0 spiro atoms. The van der Waals surface area contributed by atoms with Crippen molar-refractivity contribution in [2.45, 2.75) is 33.4 Å². The van der Waals surface area contributed by atoms with Crippen molar-refractivity contribution in [1.82, 2.24) is 19.3 Å². The molecule has 1 unspecified atom stereocenters. The van der Waals surface area contributed by atoms with E-state index in [1.807, 2.05) is 61.7 Å². The largest absolute Gasteiger partial charge is 0.488 e. The molecule has 0 radical (unpaired) electrons. The molecule has 1 N–H and O–H groups in total. The number of aromatic nitrogens is 3. The Morgan fingerprint density at radius 3 is 2.67 bits per heavy atom. The van der Waals surface area contributed by atoms with E-state index in [0.29, 0.717) is 18.1 Å². The number of nitrogens with zero attached hydrogens (tertiary/aromatic N) is 4. The van der Waals surface area contributed by atoms with Crippen molar-refractivity contribution in [1.29, 1.82) is 0 Å². The molecule has 2 aromatic heterocycles. The maximum absolute atomic E-state index is 13.5. The molecule has 0 saturated carbocycles. The lowest BCUT2D eigenvalue weighted by atomic mass is 10.1. The smallest absolute Gasteiger partial charge is 0.214 e. The van der Waals surface area contributed by atoms with Crippen LogP contribution in [0.4, 0.5) is 15.9 Å². The zero-order valence-electron chi connectivity index (χ0n) is 23.2. The van der Waals surface area contributed by atoms with Crippen LogP contribution in [0.15, 0.2) is 76.8 Å². The van der Waals surface area contributed by atoms with Gasteiger partial charge < -0.3 is 10.1 Å². The number of anilines is 2. The van der Waals surface area contributed by atoms with Gasteiger partial charge in [0.15, 0.2) is 0 Å². The van der Waals surface area contributed by atoms with Gasteiger partial charge in [0.2, 0.25) is 10.0 Å². The van der Waals surface area contributed by atoms with Crippen molar-refractivity contribution in [2.75, 3.05) is 17.6 Å². The third-order valence-electron chi connectivity index (χ3n) is 6.75. The summed E-state index contributed by atoms with van der Waals surface area (Å²) in [6, 6.07) is 17.4. The predicted molar refractivity (Wildman–Crippen MR) is 169 cm³/mol. The Morgan fingerprint density at radius 1 is 1.10 bits per heavy atom. The summed E-state index contributed by atoms with van der Waals surface area (Å²) < 4.78 is 46.7. The molecule has 3 aromatic carbocycles. The van der Waals surface area contributed by atoms with Crippen LogP contribution in [0.3, 0.4) is 0 Å². The van der Waals surface area contributed by atoms with Crippen molar-refractivity contribution in [3.63, 3.8) is 0 Å². The van der Waals surface area contributed by atoms with E-state index in [1.165, 1.54) is 34.1 Å². The quantitative estimate of drug-likeness (QED) is 0.154. The molecular formula is C30H29BrFN5O3S2. The second-order valence-corrected chi connectivity index (χ2v) is 13.4. The predicted octanol–water partition coefficient (Wildman–Crippen LogP) is 7.71. The van der Waals surface area contributed by atoms with E-state index in [4.69, 9.17) is 9.72 Å². The highest BCUT2D eigenvalue weighted by atomic mass is 79.9. The molecule has 8 nitrogen and oxygen atoms in total. The maximum Gasteiger partial charge on any atom is 0.214 e. The van der Waals surface area contributed by atoms with Crippen molar-refractivity contribution >= 4 is 59.7 Å². The molecular weight excluding hydrogens is 641 g/mol. The highest BCUT2D eigenvalue weighted by Gasteiger charge is 2.27. The van der Waals surface area contributed by atoms with E-state index in [1.54, 1.807) is 13.0 Å². The minimum atomic E-state index is -3.35. The molecule has 5 aromatic rings. The van der Waals surface area contributed by atoms with Crippen LogP contribution in [0.1, 0.15) is 37.4 Å². The summed E-state index contributed by atoms with van der Waals surface area (Å²) in [5.41, 5.74) is 3.92. The average Bonchev–Trinajstić information content (AvgIpc) is 3.48. The van der Waals surface area contributed by atoms with E-state index in [-0.39, 0.29) is 24.2 Å². The van der Waals surface area contributed by atoms with Gasteiger partial charge in [-0.1, -0.05) is 25.1 Å². The summed E-state index contributed by atoms with van der Waals surface area (Å²) in [5.74, 6) is 0.995. The number of rotatable bonds is 11. The number of nitrogens with one attached hydrogen (secondary N) is 1. The molecule has 5 rings (SSSR count). The van der Waals surface area contributed by atoms with Crippen molar-refractivity contribution in [3.8, 4) is 17.0 Å². The molecule has 0 bridgehead atoms. The summed E-state index contributed by atoms with van der Waals surface area (Å²) in [6.07, 6.45) is 1.51. The lowest BCUT2D eigenvalue weighted by Crippen LogP contribution is -2.34. The normalized spacial score (nSPS) is 12.5. The van der Waals surface area contributed by atoms with Crippen molar-refractivity contribution < 1.29 is 17.5 Å².